The van der Waals surface area contributed by atoms with Gasteiger partial charge in [0.25, 0.3) is 10.0 Å². The fraction of sp³-hybridized carbons (Fsp3) is 0. The van der Waals surface area contributed by atoms with E-state index >= 15 is 0 Å². The summed E-state index contributed by atoms with van der Waals surface area (Å²) in [5.41, 5.74) is 6.13. The van der Waals surface area contributed by atoms with Crippen LogP contribution in [0, 0.1) is 0 Å². The predicted molar refractivity (Wildman–Crippen MR) is 106 cm³/mol. The number of amides is 3. The van der Waals surface area contributed by atoms with E-state index in [1.54, 1.807) is 10.8 Å². The highest BCUT2D eigenvalue weighted by molar-refractivity contribution is 7.90. The lowest BCUT2D eigenvalue weighted by Gasteiger charge is -2.09. The lowest BCUT2D eigenvalue weighted by molar-refractivity contribution is -0.115. The van der Waals surface area contributed by atoms with Gasteiger partial charge >= 0.3 is 6.03 Å². The molecule has 0 unspecified atom stereocenters. The molecule has 2 rings (SSSR count). The standard InChI is InChI=1S/C17H16N4O4S2/c18-16(23)21-27(24,25)14-9-7-13(8-10-14)19-17(26)20-15(22)11-6-12-4-2-1-3-5-12/h1-11H,(H3,18,21,23)(H2,19,20,22,26)/b11-6+. The van der Waals surface area contributed by atoms with Crippen LogP contribution in [0.25, 0.3) is 6.08 Å². The molecule has 8 nitrogen and oxygen atoms in total. The first kappa shape index (κ1) is 20.1. The minimum Gasteiger partial charge on any atom is -0.351 e. The van der Waals surface area contributed by atoms with Gasteiger partial charge in [0.2, 0.25) is 5.91 Å². The van der Waals surface area contributed by atoms with Gasteiger partial charge in [0, 0.05) is 11.8 Å². The number of benzene rings is 2. The van der Waals surface area contributed by atoms with Crippen molar-refractivity contribution in [2.75, 3.05) is 5.32 Å². The molecule has 140 valence electrons. The average Bonchev–Trinajstić information content (AvgIpc) is 2.60. The van der Waals surface area contributed by atoms with Gasteiger partial charge < -0.3 is 11.1 Å². The summed E-state index contributed by atoms with van der Waals surface area (Å²) in [4.78, 5) is 22.4. The molecule has 0 spiro atoms. The van der Waals surface area contributed by atoms with Crippen LogP contribution in [0.15, 0.2) is 65.6 Å². The number of nitrogens with one attached hydrogen (secondary N) is 3. The third-order valence-corrected chi connectivity index (χ3v) is 4.69. The third-order valence-electron chi connectivity index (χ3n) is 3.12. The van der Waals surface area contributed by atoms with Crippen LogP contribution in [0.1, 0.15) is 5.56 Å². The molecule has 0 aliphatic carbocycles. The lowest BCUT2D eigenvalue weighted by Crippen LogP contribution is -2.35. The maximum absolute atomic E-state index is 11.8. The Hall–Kier alpha value is -3.24. The highest BCUT2D eigenvalue weighted by Crippen LogP contribution is 2.13. The predicted octanol–water partition coefficient (Wildman–Crippen LogP) is 1.57. The minimum atomic E-state index is -4.02. The summed E-state index contributed by atoms with van der Waals surface area (Å²) in [6.07, 6.45) is 2.98. The highest BCUT2D eigenvalue weighted by Gasteiger charge is 2.15. The van der Waals surface area contributed by atoms with Crippen molar-refractivity contribution in [2.24, 2.45) is 5.73 Å². The molecule has 0 fully saturated rings. The van der Waals surface area contributed by atoms with Gasteiger partial charge in [-0.15, -0.1) is 0 Å². The summed E-state index contributed by atoms with van der Waals surface area (Å²) in [6.45, 7) is 0. The first-order valence-corrected chi connectivity index (χ1v) is 9.43. The third kappa shape index (κ3) is 6.53. The van der Waals surface area contributed by atoms with Crippen LogP contribution in [0.5, 0.6) is 0 Å². The van der Waals surface area contributed by atoms with Gasteiger partial charge in [-0.3, -0.25) is 10.1 Å². The summed E-state index contributed by atoms with van der Waals surface area (Å²) < 4.78 is 25.2. The molecule has 0 aliphatic rings. The van der Waals surface area contributed by atoms with Crippen LogP contribution in [-0.2, 0) is 14.8 Å². The maximum atomic E-state index is 11.8. The second kappa shape index (κ2) is 8.92. The van der Waals surface area contributed by atoms with E-state index in [1.165, 1.54) is 30.3 Å². The summed E-state index contributed by atoms with van der Waals surface area (Å²) in [5.74, 6) is -0.416. The fourth-order valence-corrected chi connectivity index (χ4v) is 3.06. The van der Waals surface area contributed by atoms with Gasteiger partial charge in [0.05, 0.1) is 4.90 Å². The Labute approximate surface area is 161 Å². The number of hydrogen-bond donors (Lipinski definition) is 4. The van der Waals surface area contributed by atoms with Crippen molar-refractivity contribution in [3.05, 3.63) is 66.2 Å². The van der Waals surface area contributed by atoms with E-state index in [4.69, 9.17) is 18.0 Å². The van der Waals surface area contributed by atoms with Crippen LogP contribution in [-0.4, -0.2) is 25.5 Å². The molecule has 3 amide bonds. The summed E-state index contributed by atoms with van der Waals surface area (Å²) in [6, 6.07) is 13.5. The van der Waals surface area contributed by atoms with E-state index < -0.39 is 22.0 Å². The van der Waals surface area contributed by atoms with Gasteiger partial charge in [0.1, 0.15) is 0 Å². The SMILES string of the molecule is NC(=O)NS(=O)(=O)c1ccc(NC(=S)NC(=O)/C=C/c2ccccc2)cc1. The zero-order valence-corrected chi connectivity index (χ0v) is 15.5. The van der Waals surface area contributed by atoms with Crippen LogP contribution < -0.4 is 21.1 Å². The van der Waals surface area contributed by atoms with Crippen molar-refractivity contribution in [3.63, 3.8) is 0 Å². The van der Waals surface area contributed by atoms with Crippen molar-refractivity contribution in [1.82, 2.24) is 10.0 Å². The van der Waals surface area contributed by atoms with Crippen LogP contribution in [0.4, 0.5) is 10.5 Å². The molecule has 0 aromatic heterocycles. The van der Waals surface area contributed by atoms with Gasteiger partial charge in [0.15, 0.2) is 5.11 Å². The first-order valence-electron chi connectivity index (χ1n) is 7.54. The number of hydrogen-bond acceptors (Lipinski definition) is 5. The van der Waals surface area contributed by atoms with Gasteiger partial charge in [-0.2, -0.15) is 0 Å². The number of thiocarbonyl (C=S) groups is 1. The van der Waals surface area contributed by atoms with Crippen molar-refractivity contribution < 1.29 is 18.0 Å². The summed E-state index contributed by atoms with van der Waals surface area (Å²) in [7, 11) is -4.02. The second-order valence-corrected chi connectivity index (χ2v) is 7.27. The van der Waals surface area contributed by atoms with E-state index in [-0.39, 0.29) is 10.0 Å². The van der Waals surface area contributed by atoms with Gasteiger partial charge in [-0.05, 0) is 48.1 Å². The minimum absolute atomic E-state index is 0.0450. The smallest absolute Gasteiger partial charge is 0.326 e. The molecular weight excluding hydrogens is 388 g/mol. The number of sulfonamides is 1. The zero-order chi connectivity index (χ0) is 19.9. The quantitative estimate of drug-likeness (QED) is 0.442. The molecule has 2 aromatic carbocycles. The highest BCUT2D eigenvalue weighted by atomic mass is 32.2. The molecule has 27 heavy (non-hydrogen) atoms. The Morgan fingerprint density at radius 2 is 1.63 bits per heavy atom. The summed E-state index contributed by atoms with van der Waals surface area (Å²) in [5, 5.41) is 5.27. The fourth-order valence-electron chi connectivity index (χ4n) is 1.96. The number of nitrogens with two attached hydrogens (primary N) is 1. The number of carbonyl (C=O) groups is 2. The monoisotopic (exact) mass is 404 g/mol. The molecule has 0 bridgehead atoms. The molecule has 0 aliphatic heterocycles. The maximum Gasteiger partial charge on any atom is 0.326 e. The zero-order valence-electron chi connectivity index (χ0n) is 13.9. The molecule has 5 N–H and O–H groups in total. The average molecular weight is 404 g/mol. The molecule has 10 heteroatoms. The van der Waals surface area contributed by atoms with Crippen LogP contribution in [0.2, 0.25) is 0 Å². The molecule has 0 saturated carbocycles. The van der Waals surface area contributed by atoms with Crippen LogP contribution in [0.3, 0.4) is 0 Å². The van der Waals surface area contributed by atoms with Crippen molar-refractivity contribution in [1.29, 1.82) is 0 Å². The number of primary amides is 1. The van der Waals surface area contributed by atoms with E-state index in [2.05, 4.69) is 10.6 Å². The van der Waals surface area contributed by atoms with Crippen molar-refractivity contribution in [2.45, 2.75) is 4.90 Å². The molecule has 0 heterocycles. The Balaban J connectivity index is 1.93. The number of anilines is 1. The van der Waals surface area contributed by atoms with Crippen molar-refractivity contribution >= 4 is 51.1 Å². The second-order valence-electron chi connectivity index (χ2n) is 5.18. The number of carbonyl (C=O) groups excluding carboxylic acids is 2. The molecular formula is C17H16N4O4S2. The number of urea groups is 1. The van der Waals surface area contributed by atoms with E-state index in [0.29, 0.717) is 5.69 Å². The van der Waals surface area contributed by atoms with Crippen molar-refractivity contribution in [3.8, 4) is 0 Å². The van der Waals surface area contributed by atoms with E-state index in [0.717, 1.165) is 5.56 Å². The molecule has 0 saturated heterocycles. The van der Waals surface area contributed by atoms with Gasteiger partial charge in [-0.25, -0.2) is 17.9 Å². The Kier molecular flexibility index (Phi) is 6.63. The van der Waals surface area contributed by atoms with Crippen LogP contribution >= 0.6 is 12.2 Å². The molecule has 2 aromatic rings. The molecule has 0 radical (unpaired) electrons. The Bertz CT molecular complexity index is 972. The number of rotatable bonds is 5. The first-order chi connectivity index (χ1) is 12.8. The van der Waals surface area contributed by atoms with E-state index in [1.807, 2.05) is 30.3 Å². The summed E-state index contributed by atoms with van der Waals surface area (Å²) >= 11 is 5.04. The van der Waals surface area contributed by atoms with Gasteiger partial charge in [-0.1, -0.05) is 30.3 Å². The normalized spacial score (nSPS) is 11.0. The topological polar surface area (TPSA) is 130 Å². The largest absolute Gasteiger partial charge is 0.351 e. The molecule has 0 atom stereocenters. The Morgan fingerprint density at radius 3 is 2.22 bits per heavy atom. The lowest BCUT2D eigenvalue weighted by atomic mass is 10.2. The van der Waals surface area contributed by atoms with E-state index in [9.17, 15) is 18.0 Å². The Morgan fingerprint density at radius 1 is 1.00 bits per heavy atom.